The topological polar surface area (TPSA) is 70.5 Å². The Hall–Kier alpha value is -1.98. The molecule has 0 aliphatic rings. The van der Waals surface area contributed by atoms with E-state index in [2.05, 4.69) is 4.98 Å². The first-order chi connectivity index (χ1) is 8.41. The molecule has 0 saturated heterocycles. The van der Waals surface area contributed by atoms with E-state index in [0.717, 1.165) is 12.3 Å². The number of carbonyl (C=O) groups excluding carboxylic acids is 1. The van der Waals surface area contributed by atoms with Crippen LogP contribution in [0.5, 0.6) is 0 Å². The van der Waals surface area contributed by atoms with Gasteiger partial charge in [0.1, 0.15) is 11.5 Å². The van der Waals surface area contributed by atoms with E-state index in [1.807, 2.05) is 0 Å². The summed E-state index contributed by atoms with van der Waals surface area (Å²) in [6.07, 6.45) is 0.827. The highest BCUT2D eigenvalue weighted by Crippen LogP contribution is 2.08. The third-order valence-corrected chi connectivity index (χ3v) is 2.40. The summed E-state index contributed by atoms with van der Waals surface area (Å²) in [5.41, 5.74) is 0.107. The lowest BCUT2D eigenvalue weighted by Gasteiger charge is -2.25. The van der Waals surface area contributed by atoms with E-state index in [4.69, 9.17) is 5.11 Å². The Morgan fingerprint density at radius 1 is 1.44 bits per heavy atom. The molecule has 0 spiro atoms. The van der Waals surface area contributed by atoms with Crippen LogP contribution in [0.3, 0.4) is 0 Å². The number of halogens is 1. The molecule has 0 aliphatic heterocycles. The van der Waals surface area contributed by atoms with Gasteiger partial charge in [-0.2, -0.15) is 0 Å². The predicted octanol–water partition coefficient (Wildman–Crippen LogP) is 1.55. The number of carboxylic acids is 1. The van der Waals surface area contributed by atoms with Crippen LogP contribution in [0.4, 0.5) is 4.39 Å². The number of nitrogens with zero attached hydrogens (tertiary/aromatic N) is 2. The Morgan fingerprint density at radius 3 is 2.56 bits per heavy atom. The number of pyridine rings is 1. The zero-order valence-electron chi connectivity index (χ0n) is 10.3. The molecule has 1 rings (SSSR count). The minimum absolute atomic E-state index is 0.102. The molecule has 0 bridgehead atoms. The van der Waals surface area contributed by atoms with Crippen LogP contribution < -0.4 is 0 Å². The van der Waals surface area contributed by atoms with Gasteiger partial charge in [0, 0.05) is 12.6 Å². The number of hydrogen-bond acceptors (Lipinski definition) is 3. The zero-order chi connectivity index (χ0) is 13.7. The van der Waals surface area contributed by atoms with Gasteiger partial charge in [-0.05, 0) is 26.0 Å². The molecule has 5 nitrogen and oxygen atoms in total. The highest BCUT2D eigenvalue weighted by atomic mass is 19.1. The molecule has 0 aliphatic carbocycles. The number of rotatable bonds is 5. The van der Waals surface area contributed by atoms with Gasteiger partial charge in [0.15, 0.2) is 0 Å². The molecule has 1 amide bonds. The molecule has 1 aromatic rings. The van der Waals surface area contributed by atoms with Crippen molar-refractivity contribution >= 4 is 11.9 Å². The highest BCUT2D eigenvalue weighted by molar-refractivity contribution is 5.92. The normalized spacial score (nSPS) is 10.4. The fraction of sp³-hybridized carbons (Fsp3) is 0.417. The van der Waals surface area contributed by atoms with Gasteiger partial charge >= 0.3 is 5.97 Å². The fourth-order valence-corrected chi connectivity index (χ4v) is 1.46. The maximum Gasteiger partial charge on any atom is 0.305 e. The molecule has 0 unspecified atom stereocenters. The van der Waals surface area contributed by atoms with Crippen LogP contribution in [-0.2, 0) is 4.79 Å². The van der Waals surface area contributed by atoms with E-state index in [9.17, 15) is 14.0 Å². The van der Waals surface area contributed by atoms with Crippen LogP contribution in [0.2, 0.25) is 0 Å². The van der Waals surface area contributed by atoms with E-state index >= 15 is 0 Å². The van der Waals surface area contributed by atoms with E-state index < -0.39 is 17.7 Å². The fourth-order valence-electron chi connectivity index (χ4n) is 1.46. The van der Waals surface area contributed by atoms with Crippen molar-refractivity contribution in [3.63, 3.8) is 0 Å². The van der Waals surface area contributed by atoms with Crippen molar-refractivity contribution in [1.29, 1.82) is 0 Å². The Bertz CT molecular complexity index is 431. The second-order valence-corrected chi connectivity index (χ2v) is 4.10. The lowest BCUT2D eigenvalue weighted by Crippen LogP contribution is -2.38. The minimum Gasteiger partial charge on any atom is -0.481 e. The Labute approximate surface area is 104 Å². The molecule has 0 radical (unpaired) electrons. The number of carboxylic acid groups (broad SMARTS) is 1. The number of amides is 1. The van der Waals surface area contributed by atoms with Crippen molar-refractivity contribution in [2.75, 3.05) is 6.54 Å². The molecule has 0 atom stereocenters. The predicted molar refractivity (Wildman–Crippen MR) is 62.6 cm³/mol. The summed E-state index contributed by atoms with van der Waals surface area (Å²) < 4.78 is 12.7. The monoisotopic (exact) mass is 254 g/mol. The third kappa shape index (κ3) is 3.80. The molecular weight excluding hydrogens is 239 g/mol. The van der Waals surface area contributed by atoms with Crippen molar-refractivity contribution in [3.8, 4) is 0 Å². The van der Waals surface area contributed by atoms with Crippen LogP contribution in [0.1, 0.15) is 30.8 Å². The van der Waals surface area contributed by atoms with Gasteiger partial charge in [-0.15, -0.1) is 0 Å². The van der Waals surface area contributed by atoms with Crippen molar-refractivity contribution in [1.82, 2.24) is 9.88 Å². The molecule has 6 heteroatoms. The third-order valence-electron chi connectivity index (χ3n) is 2.40. The maximum atomic E-state index is 12.7. The number of carbonyl (C=O) groups is 2. The standard InChI is InChI=1S/C12H15FN2O3/c1-8(2)15(6-5-11(16)17)12(18)10-4-3-9(13)7-14-10/h3-4,7-8H,5-6H2,1-2H3,(H,16,17). The van der Waals surface area contributed by atoms with Crippen LogP contribution >= 0.6 is 0 Å². The van der Waals surface area contributed by atoms with Gasteiger partial charge in [-0.1, -0.05) is 0 Å². The second-order valence-electron chi connectivity index (χ2n) is 4.10. The van der Waals surface area contributed by atoms with Gasteiger partial charge in [0.05, 0.1) is 12.6 Å². The van der Waals surface area contributed by atoms with Crippen LogP contribution in [0.25, 0.3) is 0 Å². The minimum atomic E-state index is -0.972. The zero-order valence-corrected chi connectivity index (χ0v) is 10.3. The summed E-state index contributed by atoms with van der Waals surface area (Å²) >= 11 is 0. The lowest BCUT2D eigenvalue weighted by molar-refractivity contribution is -0.137. The molecule has 1 aromatic heterocycles. The average Bonchev–Trinajstić information content (AvgIpc) is 2.29. The Balaban J connectivity index is 2.82. The summed E-state index contributed by atoms with van der Waals surface area (Å²) in [6, 6.07) is 2.28. The van der Waals surface area contributed by atoms with E-state index in [0.29, 0.717) is 0 Å². The highest BCUT2D eigenvalue weighted by Gasteiger charge is 2.20. The van der Waals surface area contributed by atoms with E-state index in [-0.39, 0.29) is 24.7 Å². The molecule has 1 heterocycles. The van der Waals surface area contributed by atoms with Gasteiger partial charge in [0.2, 0.25) is 0 Å². The van der Waals surface area contributed by atoms with Crippen LogP contribution in [0.15, 0.2) is 18.3 Å². The van der Waals surface area contributed by atoms with Crippen LogP contribution in [-0.4, -0.2) is 39.5 Å². The summed E-state index contributed by atoms with van der Waals surface area (Å²) in [5, 5.41) is 8.63. The molecule has 98 valence electrons. The summed E-state index contributed by atoms with van der Waals surface area (Å²) in [6.45, 7) is 3.66. The molecule has 0 fully saturated rings. The van der Waals surface area contributed by atoms with E-state index in [1.165, 1.54) is 11.0 Å². The van der Waals surface area contributed by atoms with Crippen molar-refractivity contribution < 1.29 is 19.1 Å². The number of aromatic nitrogens is 1. The molecular formula is C12H15FN2O3. The quantitative estimate of drug-likeness (QED) is 0.865. The molecule has 0 aromatic carbocycles. The van der Waals surface area contributed by atoms with Crippen LogP contribution in [0, 0.1) is 5.82 Å². The number of aliphatic carboxylic acids is 1. The van der Waals surface area contributed by atoms with Gasteiger partial charge < -0.3 is 10.0 Å². The maximum absolute atomic E-state index is 12.7. The first-order valence-corrected chi connectivity index (χ1v) is 5.56. The summed E-state index contributed by atoms with van der Waals surface area (Å²) in [7, 11) is 0. The van der Waals surface area contributed by atoms with Crippen molar-refractivity contribution in [3.05, 3.63) is 29.8 Å². The largest absolute Gasteiger partial charge is 0.481 e. The van der Waals surface area contributed by atoms with Gasteiger partial charge in [0.25, 0.3) is 5.91 Å². The average molecular weight is 254 g/mol. The number of hydrogen-bond donors (Lipinski definition) is 1. The smallest absolute Gasteiger partial charge is 0.305 e. The van der Waals surface area contributed by atoms with Crippen molar-refractivity contribution in [2.24, 2.45) is 0 Å². The lowest BCUT2D eigenvalue weighted by atomic mass is 10.2. The molecule has 0 saturated carbocycles. The summed E-state index contributed by atoms with van der Waals surface area (Å²) in [5.74, 6) is -1.89. The van der Waals surface area contributed by atoms with E-state index in [1.54, 1.807) is 13.8 Å². The van der Waals surface area contributed by atoms with Gasteiger partial charge in [-0.25, -0.2) is 9.37 Å². The first-order valence-electron chi connectivity index (χ1n) is 5.56. The van der Waals surface area contributed by atoms with Crippen molar-refractivity contribution in [2.45, 2.75) is 26.3 Å². The Kier molecular flexibility index (Phi) is 4.76. The first kappa shape index (κ1) is 14.1. The Morgan fingerprint density at radius 2 is 2.11 bits per heavy atom. The SMILES string of the molecule is CC(C)N(CCC(=O)O)C(=O)c1ccc(F)cn1. The molecule has 18 heavy (non-hydrogen) atoms. The summed E-state index contributed by atoms with van der Waals surface area (Å²) in [4.78, 5) is 27.7. The second kappa shape index (κ2) is 6.09. The van der Waals surface area contributed by atoms with Gasteiger partial charge in [-0.3, -0.25) is 9.59 Å². The molecule has 1 N–H and O–H groups in total.